The van der Waals surface area contributed by atoms with Crippen LogP contribution >= 0.6 is 34.9 Å². The molecule has 0 N–H and O–H groups in total. The molecule has 0 unspecified atom stereocenters. The summed E-state index contributed by atoms with van der Waals surface area (Å²) in [6.07, 6.45) is 1.49. The second-order valence-electron chi connectivity index (χ2n) is 2.56. The molecule has 0 bridgehead atoms. The minimum Gasteiger partial charge on any atom is -0.216 e. The molecule has 2 rings (SSSR count). The third-order valence-electron chi connectivity index (χ3n) is 1.60. The van der Waals surface area contributed by atoms with E-state index in [1.807, 2.05) is 0 Å². The summed E-state index contributed by atoms with van der Waals surface area (Å²) in [5.41, 5.74) is 0.597. The Labute approximate surface area is 99.9 Å². The van der Waals surface area contributed by atoms with Gasteiger partial charge in [-0.15, -0.1) is 0 Å². The highest BCUT2D eigenvalue weighted by molar-refractivity contribution is 8.01. The average molecular weight is 254 g/mol. The predicted molar refractivity (Wildman–Crippen MR) is 60.2 cm³/mol. The van der Waals surface area contributed by atoms with Crippen LogP contribution < -0.4 is 0 Å². The van der Waals surface area contributed by atoms with E-state index in [9.17, 15) is 0 Å². The van der Waals surface area contributed by atoms with E-state index in [4.69, 9.17) is 16.9 Å². The molecule has 3 nitrogen and oxygen atoms in total. The maximum absolute atomic E-state index is 8.90. The van der Waals surface area contributed by atoms with Gasteiger partial charge in [0.05, 0.1) is 5.56 Å². The quantitative estimate of drug-likeness (QED) is 0.825. The number of benzene rings is 1. The maximum atomic E-state index is 8.90. The minimum absolute atomic E-state index is 0.597. The Hall–Kier alpha value is -1.09. The minimum atomic E-state index is 0.597. The van der Waals surface area contributed by atoms with E-state index in [0.29, 0.717) is 10.6 Å². The third-order valence-corrected chi connectivity index (χ3v) is 3.61. The van der Waals surface area contributed by atoms with E-state index in [-0.39, 0.29) is 0 Å². The molecule has 0 fully saturated rings. The topological polar surface area (TPSA) is 49.6 Å². The Morgan fingerprint density at radius 3 is 3.00 bits per heavy atom. The molecule has 0 radical (unpaired) electrons. The van der Waals surface area contributed by atoms with Crippen molar-refractivity contribution in [1.29, 1.82) is 5.26 Å². The van der Waals surface area contributed by atoms with Gasteiger partial charge in [-0.2, -0.15) is 9.64 Å². The second kappa shape index (κ2) is 4.62. The number of halogens is 1. The van der Waals surface area contributed by atoms with Crippen molar-refractivity contribution in [2.45, 2.75) is 9.24 Å². The average Bonchev–Trinajstić information content (AvgIpc) is 2.71. The molecule has 74 valence electrons. The molecule has 0 aliphatic carbocycles. The normalized spacial score (nSPS) is 9.87. The monoisotopic (exact) mass is 253 g/mol. The Morgan fingerprint density at radius 1 is 1.47 bits per heavy atom. The Bertz CT molecular complexity index is 505. The molecule has 1 aromatic heterocycles. The van der Waals surface area contributed by atoms with Crippen LogP contribution in [-0.4, -0.2) is 9.36 Å². The fourth-order valence-electron chi connectivity index (χ4n) is 0.975. The van der Waals surface area contributed by atoms with Crippen molar-refractivity contribution in [3.63, 3.8) is 0 Å². The SMILES string of the molecule is N#Cc1ccc(Cl)cc1Sc1ncns1. The Kier molecular flexibility index (Phi) is 3.21. The van der Waals surface area contributed by atoms with Crippen LogP contribution in [0.5, 0.6) is 0 Å². The van der Waals surface area contributed by atoms with E-state index >= 15 is 0 Å². The number of hydrogen-bond donors (Lipinski definition) is 0. The molecule has 0 spiro atoms. The molecule has 2 aromatic rings. The predicted octanol–water partition coefficient (Wildman–Crippen LogP) is 3.21. The lowest BCUT2D eigenvalue weighted by Gasteiger charge is -2.00. The van der Waals surface area contributed by atoms with Gasteiger partial charge in [0, 0.05) is 9.92 Å². The summed E-state index contributed by atoms with van der Waals surface area (Å²) in [5.74, 6) is 0. The first-order chi connectivity index (χ1) is 7.29. The molecule has 0 aliphatic rings. The van der Waals surface area contributed by atoms with Gasteiger partial charge in [0.2, 0.25) is 0 Å². The lowest BCUT2D eigenvalue weighted by atomic mass is 10.2. The number of nitriles is 1. The molecule has 0 saturated carbocycles. The third kappa shape index (κ3) is 2.48. The molecule has 0 saturated heterocycles. The number of nitrogens with zero attached hydrogens (tertiary/aromatic N) is 3. The zero-order chi connectivity index (χ0) is 10.7. The van der Waals surface area contributed by atoms with Crippen LogP contribution in [0.3, 0.4) is 0 Å². The Balaban J connectivity index is 2.35. The van der Waals surface area contributed by atoms with Crippen LogP contribution in [0.25, 0.3) is 0 Å². The van der Waals surface area contributed by atoms with Crippen LogP contribution in [0.2, 0.25) is 5.02 Å². The Morgan fingerprint density at radius 2 is 2.33 bits per heavy atom. The first kappa shape index (κ1) is 10.4. The smallest absolute Gasteiger partial charge is 0.174 e. The summed E-state index contributed by atoms with van der Waals surface area (Å²) < 4.78 is 4.69. The highest BCUT2D eigenvalue weighted by Gasteiger charge is 2.07. The fourth-order valence-corrected chi connectivity index (χ4v) is 2.74. The zero-order valence-electron chi connectivity index (χ0n) is 7.35. The molecular formula is C9H4ClN3S2. The van der Waals surface area contributed by atoms with Crippen molar-refractivity contribution in [3.8, 4) is 6.07 Å². The van der Waals surface area contributed by atoms with E-state index in [1.165, 1.54) is 29.6 Å². The van der Waals surface area contributed by atoms with Gasteiger partial charge >= 0.3 is 0 Å². The van der Waals surface area contributed by atoms with E-state index in [0.717, 1.165) is 9.24 Å². The van der Waals surface area contributed by atoms with Gasteiger partial charge in [-0.1, -0.05) is 23.4 Å². The number of rotatable bonds is 2. The van der Waals surface area contributed by atoms with Crippen molar-refractivity contribution in [2.75, 3.05) is 0 Å². The number of aromatic nitrogens is 2. The largest absolute Gasteiger partial charge is 0.216 e. The van der Waals surface area contributed by atoms with Crippen LogP contribution in [-0.2, 0) is 0 Å². The lowest BCUT2D eigenvalue weighted by Crippen LogP contribution is -1.80. The fraction of sp³-hybridized carbons (Fsp3) is 0. The summed E-state index contributed by atoms with van der Waals surface area (Å²) in [5, 5.41) is 9.51. The number of hydrogen-bond acceptors (Lipinski definition) is 5. The zero-order valence-corrected chi connectivity index (χ0v) is 9.73. The van der Waals surface area contributed by atoms with Gasteiger partial charge in [-0.05, 0) is 29.7 Å². The van der Waals surface area contributed by atoms with Crippen molar-refractivity contribution in [2.24, 2.45) is 0 Å². The van der Waals surface area contributed by atoms with Gasteiger partial charge in [-0.25, -0.2) is 4.98 Å². The molecule has 15 heavy (non-hydrogen) atoms. The molecule has 0 atom stereocenters. The summed E-state index contributed by atoms with van der Waals surface area (Å²) in [4.78, 5) is 4.84. The molecule has 0 amide bonds. The second-order valence-corrected chi connectivity index (χ2v) is 5.07. The summed E-state index contributed by atoms with van der Waals surface area (Å²) >= 11 is 8.55. The van der Waals surface area contributed by atoms with Crippen molar-refractivity contribution in [1.82, 2.24) is 9.36 Å². The molecule has 1 heterocycles. The van der Waals surface area contributed by atoms with E-state index in [2.05, 4.69) is 15.4 Å². The van der Waals surface area contributed by atoms with Crippen molar-refractivity contribution < 1.29 is 0 Å². The van der Waals surface area contributed by atoms with E-state index in [1.54, 1.807) is 18.2 Å². The lowest BCUT2D eigenvalue weighted by molar-refractivity contribution is 1.21. The first-order valence-electron chi connectivity index (χ1n) is 3.94. The summed E-state index contributed by atoms with van der Waals surface area (Å²) in [7, 11) is 0. The molecule has 6 heteroatoms. The highest BCUT2D eigenvalue weighted by atomic mass is 35.5. The standard InChI is InChI=1S/C9H4ClN3S2/c10-7-2-1-6(4-11)8(3-7)14-9-12-5-13-15-9/h1-3,5H. The van der Waals surface area contributed by atoms with Crippen LogP contribution in [0, 0.1) is 11.3 Å². The van der Waals surface area contributed by atoms with Crippen molar-refractivity contribution in [3.05, 3.63) is 35.1 Å². The van der Waals surface area contributed by atoms with Crippen LogP contribution in [0.1, 0.15) is 5.56 Å². The maximum Gasteiger partial charge on any atom is 0.174 e. The molecule has 1 aromatic carbocycles. The first-order valence-corrected chi connectivity index (χ1v) is 5.90. The summed E-state index contributed by atoms with van der Waals surface area (Å²) in [6.45, 7) is 0. The molecule has 0 aliphatic heterocycles. The van der Waals surface area contributed by atoms with Gasteiger partial charge in [0.15, 0.2) is 4.34 Å². The highest BCUT2D eigenvalue weighted by Crippen LogP contribution is 2.32. The van der Waals surface area contributed by atoms with Crippen molar-refractivity contribution >= 4 is 34.9 Å². The van der Waals surface area contributed by atoms with Gasteiger partial charge in [0.25, 0.3) is 0 Å². The van der Waals surface area contributed by atoms with Crippen LogP contribution in [0.4, 0.5) is 0 Å². The van der Waals surface area contributed by atoms with Gasteiger partial charge < -0.3 is 0 Å². The van der Waals surface area contributed by atoms with Gasteiger partial charge in [0.1, 0.15) is 12.4 Å². The molecular weight excluding hydrogens is 250 g/mol. The van der Waals surface area contributed by atoms with Gasteiger partial charge in [-0.3, -0.25) is 0 Å². The van der Waals surface area contributed by atoms with E-state index < -0.39 is 0 Å². The summed E-state index contributed by atoms with van der Waals surface area (Å²) in [6, 6.07) is 7.27. The van der Waals surface area contributed by atoms with Crippen LogP contribution in [0.15, 0.2) is 33.8 Å².